The van der Waals surface area contributed by atoms with Crippen molar-refractivity contribution in [3.8, 4) is 0 Å². The van der Waals surface area contributed by atoms with Crippen molar-refractivity contribution >= 4 is 5.97 Å². The van der Waals surface area contributed by atoms with Gasteiger partial charge in [0.15, 0.2) is 6.17 Å². The lowest BCUT2D eigenvalue weighted by molar-refractivity contribution is -0.175. The minimum atomic E-state index is -4.41. The molecule has 0 fully saturated rings. The van der Waals surface area contributed by atoms with Crippen LogP contribution in [-0.2, 0) is 4.79 Å². The zero-order chi connectivity index (χ0) is 13.4. The molecule has 0 aromatic heterocycles. The summed E-state index contributed by atoms with van der Waals surface area (Å²) in [6.07, 6.45) is -2.83. The van der Waals surface area contributed by atoms with Gasteiger partial charge in [0.25, 0.3) is 0 Å². The van der Waals surface area contributed by atoms with Gasteiger partial charge < -0.3 is 5.11 Å². The van der Waals surface area contributed by atoms with Gasteiger partial charge >= 0.3 is 11.9 Å². The second-order valence-electron chi connectivity index (χ2n) is 4.08. The van der Waals surface area contributed by atoms with Gasteiger partial charge in [-0.3, -0.25) is 0 Å². The van der Waals surface area contributed by atoms with E-state index in [0.717, 1.165) is 5.56 Å². The number of carboxylic acid groups (broad SMARTS) is 1. The van der Waals surface area contributed by atoms with Crippen LogP contribution in [0, 0.1) is 20.8 Å². The molecular formula is C12H13F3O2. The third kappa shape index (κ3) is 2.43. The molecule has 0 spiro atoms. The molecule has 2 nitrogen and oxygen atoms in total. The number of rotatable bonds is 3. The topological polar surface area (TPSA) is 37.3 Å². The van der Waals surface area contributed by atoms with Crippen LogP contribution in [0.2, 0.25) is 0 Å². The lowest BCUT2D eigenvalue weighted by Gasteiger charge is -2.19. The van der Waals surface area contributed by atoms with Crippen molar-refractivity contribution in [3.63, 3.8) is 0 Å². The summed E-state index contributed by atoms with van der Waals surface area (Å²) >= 11 is 0. The molecule has 1 aromatic rings. The summed E-state index contributed by atoms with van der Waals surface area (Å²) < 4.78 is 39.7. The first-order chi connectivity index (χ1) is 7.67. The molecule has 17 heavy (non-hydrogen) atoms. The van der Waals surface area contributed by atoms with Gasteiger partial charge in [-0.1, -0.05) is 12.1 Å². The third-order valence-corrected chi connectivity index (χ3v) is 2.76. The number of benzene rings is 1. The highest BCUT2D eigenvalue weighted by atomic mass is 19.3. The van der Waals surface area contributed by atoms with E-state index < -0.39 is 18.1 Å². The van der Waals surface area contributed by atoms with E-state index in [1.165, 1.54) is 13.0 Å². The molecule has 5 heteroatoms. The Morgan fingerprint density at radius 2 is 1.65 bits per heavy atom. The Balaban J connectivity index is 3.26. The van der Waals surface area contributed by atoms with Gasteiger partial charge in [-0.25, -0.2) is 9.18 Å². The molecule has 1 N–H and O–H groups in total. The quantitative estimate of drug-likeness (QED) is 0.888. The van der Waals surface area contributed by atoms with Crippen LogP contribution in [0.15, 0.2) is 12.1 Å². The van der Waals surface area contributed by atoms with E-state index in [9.17, 15) is 18.0 Å². The van der Waals surface area contributed by atoms with Crippen molar-refractivity contribution in [2.75, 3.05) is 0 Å². The van der Waals surface area contributed by atoms with E-state index in [-0.39, 0.29) is 5.56 Å². The molecule has 1 atom stereocenters. The molecule has 0 amide bonds. The minimum Gasteiger partial charge on any atom is -0.477 e. The highest BCUT2D eigenvalue weighted by Gasteiger charge is 2.49. The Hall–Kier alpha value is -1.52. The highest BCUT2D eigenvalue weighted by Crippen LogP contribution is 2.37. The fourth-order valence-corrected chi connectivity index (χ4v) is 1.56. The van der Waals surface area contributed by atoms with Crippen LogP contribution in [0.5, 0.6) is 0 Å². The summed E-state index contributed by atoms with van der Waals surface area (Å²) in [5.74, 6) is -6.87. The molecular weight excluding hydrogens is 233 g/mol. The van der Waals surface area contributed by atoms with Crippen LogP contribution in [0.3, 0.4) is 0 Å². The molecule has 0 aliphatic carbocycles. The Labute approximate surface area is 97.1 Å². The van der Waals surface area contributed by atoms with Crippen molar-refractivity contribution in [2.24, 2.45) is 0 Å². The molecule has 0 bridgehead atoms. The highest BCUT2D eigenvalue weighted by molar-refractivity contribution is 5.76. The fraction of sp³-hybridized carbons (Fsp3) is 0.417. The van der Waals surface area contributed by atoms with Gasteiger partial charge in [0.05, 0.1) is 0 Å². The summed E-state index contributed by atoms with van der Waals surface area (Å²) in [4.78, 5) is 10.3. The Morgan fingerprint density at radius 1 is 1.18 bits per heavy atom. The molecule has 0 heterocycles. The average molecular weight is 246 g/mol. The summed E-state index contributed by atoms with van der Waals surface area (Å²) in [6.45, 7) is 4.91. The van der Waals surface area contributed by atoms with Crippen LogP contribution < -0.4 is 0 Å². The SMILES string of the molecule is Cc1cc(C)c(C(F)C(F)(F)C(=O)O)cc1C. The monoisotopic (exact) mass is 246 g/mol. The third-order valence-electron chi connectivity index (χ3n) is 2.76. The van der Waals surface area contributed by atoms with Gasteiger partial charge in [0.2, 0.25) is 0 Å². The van der Waals surface area contributed by atoms with Crippen molar-refractivity contribution in [1.29, 1.82) is 0 Å². The smallest absolute Gasteiger partial charge is 0.378 e. The maximum atomic E-state index is 13.6. The fourth-order valence-electron chi connectivity index (χ4n) is 1.56. The predicted molar refractivity (Wildman–Crippen MR) is 57.1 cm³/mol. The van der Waals surface area contributed by atoms with E-state index in [0.29, 0.717) is 11.1 Å². The second-order valence-corrected chi connectivity index (χ2v) is 4.08. The standard InChI is InChI=1S/C12H13F3O2/c1-6-4-8(3)9(5-7(6)2)10(13)12(14,15)11(16)17/h4-5,10H,1-3H3,(H,16,17). The summed E-state index contributed by atoms with van der Waals surface area (Å²) in [5, 5.41) is 8.30. The molecule has 0 radical (unpaired) electrons. The van der Waals surface area contributed by atoms with E-state index in [1.807, 2.05) is 0 Å². The lowest BCUT2D eigenvalue weighted by atomic mass is 9.95. The van der Waals surface area contributed by atoms with Gasteiger partial charge in [-0.15, -0.1) is 0 Å². The number of hydrogen-bond donors (Lipinski definition) is 1. The van der Waals surface area contributed by atoms with Crippen LogP contribution >= 0.6 is 0 Å². The van der Waals surface area contributed by atoms with Gasteiger partial charge in [0, 0.05) is 0 Å². The number of aliphatic carboxylic acids is 1. The summed E-state index contributed by atoms with van der Waals surface area (Å²) in [7, 11) is 0. The van der Waals surface area contributed by atoms with Crippen molar-refractivity contribution < 1.29 is 23.1 Å². The number of alkyl halides is 3. The lowest BCUT2D eigenvalue weighted by Crippen LogP contribution is -2.33. The molecule has 1 aromatic carbocycles. The van der Waals surface area contributed by atoms with Crippen LogP contribution in [0.25, 0.3) is 0 Å². The molecule has 1 unspecified atom stereocenters. The minimum absolute atomic E-state index is 0.277. The number of hydrogen-bond acceptors (Lipinski definition) is 1. The Kier molecular flexibility index (Phi) is 3.50. The largest absolute Gasteiger partial charge is 0.477 e. The van der Waals surface area contributed by atoms with Crippen molar-refractivity contribution in [3.05, 3.63) is 34.4 Å². The number of carboxylic acids is 1. The van der Waals surface area contributed by atoms with E-state index in [4.69, 9.17) is 5.11 Å². The molecule has 94 valence electrons. The molecule has 0 aliphatic heterocycles. The maximum Gasteiger partial charge on any atom is 0.378 e. The van der Waals surface area contributed by atoms with Crippen molar-refractivity contribution in [1.82, 2.24) is 0 Å². The summed E-state index contributed by atoms with van der Waals surface area (Å²) in [5.41, 5.74) is 1.54. The predicted octanol–water partition coefficient (Wildman–Crippen LogP) is 3.34. The normalized spacial score (nSPS) is 13.5. The summed E-state index contributed by atoms with van der Waals surface area (Å²) in [6, 6.07) is 2.83. The average Bonchev–Trinajstić information content (AvgIpc) is 2.22. The van der Waals surface area contributed by atoms with Gasteiger partial charge in [0.1, 0.15) is 0 Å². The van der Waals surface area contributed by atoms with Crippen LogP contribution in [-0.4, -0.2) is 17.0 Å². The van der Waals surface area contributed by atoms with Crippen LogP contribution in [0.1, 0.15) is 28.4 Å². The molecule has 0 saturated heterocycles. The number of carbonyl (C=O) groups is 1. The first-order valence-corrected chi connectivity index (χ1v) is 5.01. The van der Waals surface area contributed by atoms with E-state index in [2.05, 4.69) is 0 Å². The van der Waals surface area contributed by atoms with E-state index >= 15 is 0 Å². The zero-order valence-electron chi connectivity index (χ0n) is 9.72. The molecule has 0 saturated carbocycles. The zero-order valence-corrected chi connectivity index (χ0v) is 9.72. The molecule has 1 rings (SSSR count). The van der Waals surface area contributed by atoms with Gasteiger partial charge in [-0.05, 0) is 43.0 Å². The first-order valence-electron chi connectivity index (χ1n) is 5.01. The van der Waals surface area contributed by atoms with Gasteiger partial charge in [-0.2, -0.15) is 8.78 Å². The van der Waals surface area contributed by atoms with E-state index in [1.54, 1.807) is 19.9 Å². The first kappa shape index (κ1) is 13.5. The number of halogens is 3. The van der Waals surface area contributed by atoms with Crippen molar-refractivity contribution in [2.45, 2.75) is 32.9 Å². The Morgan fingerprint density at radius 3 is 2.12 bits per heavy atom. The Bertz CT molecular complexity index is 455. The molecule has 0 aliphatic rings. The second kappa shape index (κ2) is 4.39. The number of aryl methyl sites for hydroxylation is 3. The van der Waals surface area contributed by atoms with Crippen LogP contribution in [0.4, 0.5) is 13.2 Å². The maximum absolute atomic E-state index is 13.6.